The van der Waals surface area contributed by atoms with Gasteiger partial charge in [0, 0.05) is 29.8 Å². The molecule has 8 heteroatoms. The van der Waals surface area contributed by atoms with Crippen LogP contribution in [0, 0.1) is 11.3 Å². The average molecular weight is 414 g/mol. The number of benzene rings is 2. The molecule has 0 spiro atoms. The lowest BCUT2D eigenvalue weighted by atomic mass is 10.1. The van der Waals surface area contributed by atoms with Gasteiger partial charge in [-0.25, -0.2) is 13.1 Å². The summed E-state index contributed by atoms with van der Waals surface area (Å²) < 4.78 is 27.7. The van der Waals surface area contributed by atoms with Gasteiger partial charge in [0.25, 0.3) is 5.91 Å². The normalized spacial score (nSPS) is 11.2. The Morgan fingerprint density at radius 1 is 1.07 bits per heavy atom. The highest BCUT2D eigenvalue weighted by Gasteiger charge is 2.14. The summed E-state index contributed by atoms with van der Waals surface area (Å²) >= 11 is 1.69. The fourth-order valence-corrected chi connectivity index (χ4v) is 4.78. The summed E-state index contributed by atoms with van der Waals surface area (Å²) in [7, 11) is -3.67. The smallest absolute Gasteiger partial charge is 0.251 e. The Kier molecular flexibility index (Phi) is 6.41. The van der Waals surface area contributed by atoms with E-state index in [2.05, 4.69) is 27.6 Å². The van der Waals surface area contributed by atoms with E-state index in [4.69, 9.17) is 5.26 Å². The van der Waals surface area contributed by atoms with E-state index in [-0.39, 0.29) is 23.8 Å². The molecule has 2 aromatic carbocycles. The topological polar surface area (TPSA) is 99.1 Å². The monoisotopic (exact) mass is 413 g/mol. The SMILES string of the molecule is N#CCCNS(=O)(=O)c1ccc(C(=O)NCCc2csc3ccccc23)cc1. The van der Waals surface area contributed by atoms with Crippen LogP contribution in [0.25, 0.3) is 10.1 Å². The van der Waals surface area contributed by atoms with E-state index in [1.54, 1.807) is 11.3 Å². The molecule has 0 aliphatic heterocycles. The molecule has 1 heterocycles. The van der Waals surface area contributed by atoms with Crippen LogP contribution in [0.1, 0.15) is 22.3 Å². The largest absolute Gasteiger partial charge is 0.352 e. The van der Waals surface area contributed by atoms with E-state index in [0.717, 1.165) is 6.42 Å². The number of hydrogen-bond donors (Lipinski definition) is 2. The van der Waals surface area contributed by atoms with Crippen molar-refractivity contribution >= 4 is 37.4 Å². The van der Waals surface area contributed by atoms with Crippen LogP contribution in [0.3, 0.4) is 0 Å². The van der Waals surface area contributed by atoms with Gasteiger partial charge >= 0.3 is 0 Å². The zero-order valence-electron chi connectivity index (χ0n) is 15.0. The van der Waals surface area contributed by atoms with Crippen molar-refractivity contribution in [2.75, 3.05) is 13.1 Å². The first-order valence-corrected chi connectivity index (χ1v) is 11.1. The van der Waals surface area contributed by atoms with Crippen LogP contribution in [0.15, 0.2) is 58.8 Å². The van der Waals surface area contributed by atoms with Crippen molar-refractivity contribution < 1.29 is 13.2 Å². The van der Waals surface area contributed by atoms with E-state index < -0.39 is 10.0 Å². The maximum atomic E-state index is 12.3. The van der Waals surface area contributed by atoms with Crippen molar-refractivity contribution in [2.45, 2.75) is 17.7 Å². The zero-order valence-corrected chi connectivity index (χ0v) is 16.6. The Hall–Kier alpha value is -2.73. The summed E-state index contributed by atoms with van der Waals surface area (Å²) in [5.74, 6) is -0.249. The molecule has 2 N–H and O–H groups in total. The second-order valence-electron chi connectivity index (χ2n) is 6.09. The fourth-order valence-electron chi connectivity index (χ4n) is 2.75. The van der Waals surface area contributed by atoms with E-state index in [0.29, 0.717) is 12.1 Å². The first-order valence-electron chi connectivity index (χ1n) is 8.71. The van der Waals surface area contributed by atoms with Gasteiger partial charge in [0.2, 0.25) is 10.0 Å². The summed E-state index contributed by atoms with van der Waals surface area (Å²) in [5.41, 5.74) is 1.59. The lowest BCUT2D eigenvalue weighted by Gasteiger charge is -2.07. The molecule has 0 aliphatic rings. The molecule has 0 saturated carbocycles. The van der Waals surface area contributed by atoms with Crippen LogP contribution in [-0.2, 0) is 16.4 Å². The van der Waals surface area contributed by atoms with Crippen molar-refractivity contribution in [1.82, 2.24) is 10.0 Å². The molecule has 0 bridgehead atoms. The number of fused-ring (bicyclic) bond motifs is 1. The lowest BCUT2D eigenvalue weighted by Crippen LogP contribution is -2.26. The maximum Gasteiger partial charge on any atom is 0.251 e. The molecule has 6 nitrogen and oxygen atoms in total. The number of amides is 1. The van der Waals surface area contributed by atoms with E-state index >= 15 is 0 Å². The highest BCUT2D eigenvalue weighted by atomic mass is 32.2. The zero-order chi connectivity index (χ0) is 20.0. The van der Waals surface area contributed by atoms with Crippen LogP contribution in [-0.4, -0.2) is 27.4 Å². The number of rotatable bonds is 8. The third-order valence-corrected chi connectivity index (χ3v) is 6.69. The Labute approximate surface area is 167 Å². The molecule has 0 saturated heterocycles. The van der Waals surface area contributed by atoms with Crippen LogP contribution >= 0.6 is 11.3 Å². The summed E-state index contributed by atoms with van der Waals surface area (Å²) in [6, 6.07) is 15.8. The van der Waals surface area contributed by atoms with E-state index in [9.17, 15) is 13.2 Å². The quantitative estimate of drug-likeness (QED) is 0.555. The standard InChI is InChI=1S/C20H19N3O3S2/c21-11-3-12-23-28(25,26)17-8-6-15(7-9-17)20(24)22-13-10-16-14-27-19-5-2-1-4-18(16)19/h1-2,4-9,14,23H,3,10,12-13H2,(H,22,24). The molecular weight excluding hydrogens is 394 g/mol. The van der Waals surface area contributed by atoms with Crippen LogP contribution in [0.2, 0.25) is 0 Å². The molecule has 144 valence electrons. The number of nitrogens with one attached hydrogen (secondary N) is 2. The summed E-state index contributed by atoms with van der Waals surface area (Å²) in [6.07, 6.45) is 0.824. The maximum absolute atomic E-state index is 12.3. The third kappa shape index (κ3) is 4.75. The third-order valence-electron chi connectivity index (χ3n) is 4.20. The fraction of sp³-hybridized carbons (Fsp3) is 0.200. The van der Waals surface area contributed by atoms with Gasteiger partial charge in [0.1, 0.15) is 0 Å². The van der Waals surface area contributed by atoms with Crippen molar-refractivity contribution in [3.05, 3.63) is 65.0 Å². The number of carbonyl (C=O) groups is 1. The summed E-state index contributed by atoms with van der Waals surface area (Å²) in [6.45, 7) is 0.549. The number of nitrogens with zero attached hydrogens (tertiary/aromatic N) is 1. The number of thiophene rings is 1. The molecule has 3 aromatic rings. The highest BCUT2D eigenvalue weighted by Crippen LogP contribution is 2.25. The molecule has 0 fully saturated rings. The molecule has 0 aliphatic carbocycles. The Balaban J connectivity index is 1.57. The van der Waals surface area contributed by atoms with Crippen molar-refractivity contribution in [3.8, 4) is 6.07 Å². The molecule has 0 radical (unpaired) electrons. The first-order chi connectivity index (χ1) is 13.5. The minimum absolute atomic E-state index is 0.0539. The predicted molar refractivity (Wildman–Crippen MR) is 110 cm³/mol. The van der Waals surface area contributed by atoms with E-state index in [1.807, 2.05) is 18.2 Å². The van der Waals surface area contributed by atoms with Crippen LogP contribution < -0.4 is 10.0 Å². The molecule has 1 amide bonds. The number of hydrogen-bond acceptors (Lipinski definition) is 5. The lowest BCUT2D eigenvalue weighted by molar-refractivity contribution is 0.0954. The minimum atomic E-state index is -3.67. The van der Waals surface area contributed by atoms with Gasteiger partial charge in [-0.15, -0.1) is 11.3 Å². The second kappa shape index (κ2) is 8.97. The predicted octanol–water partition coefficient (Wildman–Crippen LogP) is 3.07. The second-order valence-corrected chi connectivity index (χ2v) is 8.77. The van der Waals surface area contributed by atoms with Crippen LogP contribution in [0.4, 0.5) is 0 Å². The summed E-state index contributed by atoms with van der Waals surface area (Å²) in [5, 5.41) is 14.7. The molecule has 1 aromatic heterocycles. The van der Waals surface area contributed by atoms with Gasteiger partial charge in [-0.3, -0.25) is 4.79 Å². The molecule has 0 unspecified atom stereocenters. The first kappa shape index (κ1) is 20.0. The minimum Gasteiger partial charge on any atom is -0.352 e. The highest BCUT2D eigenvalue weighted by molar-refractivity contribution is 7.89. The summed E-state index contributed by atoms with van der Waals surface area (Å²) in [4.78, 5) is 12.4. The van der Waals surface area contributed by atoms with Gasteiger partial charge in [-0.1, -0.05) is 18.2 Å². The Bertz CT molecular complexity index is 1110. The average Bonchev–Trinajstić information content (AvgIpc) is 3.11. The molecule has 3 rings (SSSR count). The van der Waals surface area contributed by atoms with Gasteiger partial charge in [-0.2, -0.15) is 5.26 Å². The van der Waals surface area contributed by atoms with Crippen molar-refractivity contribution in [3.63, 3.8) is 0 Å². The van der Waals surface area contributed by atoms with Gasteiger partial charge in [-0.05, 0) is 53.1 Å². The van der Waals surface area contributed by atoms with Crippen molar-refractivity contribution in [1.29, 1.82) is 5.26 Å². The number of sulfonamides is 1. The van der Waals surface area contributed by atoms with Crippen LogP contribution in [0.5, 0.6) is 0 Å². The number of carbonyl (C=O) groups excluding carboxylic acids is 1. The Morgan fingerprint density at radius 3 is 2.57 bits per heavy atom. The van der Waals surface area contributed by atoms with Crippen molar-refractivity contribution in [2.24, 2.45) is 0 Å². The number of nitriles is 1. The molecule has 28 heavy (non-hydrogen) atoms. The molecule has 0 atom stereocenters. The van der Waals surface area contributed by atoms with Gasteiger partial charge < -0.3 is 5.32 Å². The van der Waals surface area contributed by atoms with E-state index in [1.165, 1.54) is 39.9 Å². The molecular formula is C20H19N3O3S2. The van der Waals surface area contributed by atoms with Gasteiger partial charge in [0.15, 0.2) is 0 Å². The van der Waals surface area contributed by atoms with Gasteiger partial charge in [0.05, 0.1) is 11.0 Å². The Morgan fingerprint density at radius 2 is 1.82 bits per heavy atom.